The second kappa shape index (κ2) is 18.5. The minimum absolute atomic E-state index is 0.159. The van der Waals surface area contributed by atoms with Gasteiger partial charge in [0.05, 0.1) is 19.3 Å². The first kappa shape index (κ1) is 51.9. The maximum atomic E-state index is 14.8. The average Bonchev–Trinajstić information content (AvgIpc) is 3.06. The molecule has 1 aromatic rings. The van der Waals surface area contributed by atoms with Gasteiger partial charge in [-0.25, -0.2) is 4.79 Å². The molecule has 1 N–H and O–H groups in total. The minimum Gasteiger partial charge on any atom is -0.491 e. The number of ether oxygens (including phenoxy) is 2. The summed E-state index contributed by atoms with van der Waals surface area (Å²) in [7, 11) is -3.94. The lowest BCUT2D eigenvalue weighted by Crippen LogP contribution is -2.74. The van der Waals surface area contributed by atoms with Crippen LogP contribution in [0.25, 0.3) is 0 Å². The Bertz CT molecular complexity index is 1520. The number of benzene rings is 1. The SMILES string of the molecule is CCOC(=O)/C=C/C=C(\C)C[C@H](O)c1ccc(OCCO[Si](CCC(F)(F)C(F)(F)C(F)(F)C(F)(F)C(F)(F)C(F)(F)C(F)(F)C(F)(F)F)(C(C)C)C(C)C)cc1. The van der Waals surface area contributed by atoms with Crippen LogP contribution in [0.5, 0.6) is 5.75 Å². The summed E-state index contributed by atoms with van der Waals surface area (Å²) in [6.07, 6.45) is -6.99. The number of allylic oxidation sites excluding steroid dienone is 2. The number of carbonyl (C=O) groups is 1. The van der Waals surface area contributed by atoms with E-state index in [1.54, 1.807) is 19.9 Å². The molecule has 0 bridgehead atoms. The summed E-state index contributed by atoms with van der Waals surface area (Å²) in [4.78, 5) is 11.4. The smallest absolute Gasteiger partial charge is 0.460 e. The highest BCUT2D eigenvalue weighted by Crippen LogP contribution is 2.64. The molecular weight excluding hydrogens is 839 g/mol. The molecule has 0 aliphatic carbocycles. The number of rotatable bonds is 22. The summed E-state index contributed by atoms with van der Waals surface area (Å²) in [5, 5.41) is 10.5. The molecule has 0 aliphatic heterocycles. The Morgan fingerprint density at radius 2 is 1.18 bits per heavy atom. The fourth-order valence-electron chi connectivity index (χ4n) is 5.50. The van der Waals surface area contributed by atoms with Crippen molar-refractivity contribution in [2.45, 2.75) is 125 Å². The van der Waals surface area contributed by atoms with Crippen molar-refractivity contribution in [3.63, 3.8) is 0 Å². The Kier molecular flexibility index (Phi) is 16.8. The van der Waals surface area contributed by atoms with Crippen LogP contribution in [0.15, 0.2) is 48.1 Å². The summed E-state index contributed by atoms with van der Waals surface area (Å²) < 4.78 is 250. The van der Waals surface area contributed by atoms with E-state index in [-0.39, 0.29) is 25.4 Å². The first-order valence-electron chi connectivity index (χ1n) is 16.8. The molecule has 0 spiro atoms. The van der Waals surface area contributed by atoms with Crippen molar-refractivity contribution in [2.75, 3.05) is 19.8 Å². The van der Waals surface area contributed by atoms with Crippen LogP contribution in [-0.2, 0) is 14.0 Å². The van der Waals surface area contributed by atoms with Gasteiger partial charge in [-0.3, -0.25) is 0 Å². The van der Waals surface area contributed by atoms with Gasteiger partial charge in [-0.2, -0.15) is 74.6 Å². The normalized spacial score (nSPS) is 15.5. The number of hydrogen-bond donors (Lipinski definition) is 1. The number of hydrogen-bond acceptors (Lipinski definition) is 5. The molecule has 0 aliphatic rings. The topological polar surface area (TPSA) is 65.0 Å². The second-order valence-corrected chi connectivity index (χ2v) is 18.5. The molecule has 1 rings (SSSR count). The van der Waals surface area contributed by atoms with E-state index < -0.39 is 98.2 Å². The zero-order chi connectivity index (χ0) is 44.9. The number of aliphatic hydroxyl groups excluding tert-OH is 1. The summed E-state index contributed by atoms with van der Waals surface area (Å²) in [6, 6.07) is 4.48. The van der Waals surface area contributed by atoms with Crippen LogP contribution in [0.3, 0.4) is 0 Å². The predicted molar refractivity (Wildman–Crippen MR) is 173 cm³/mol. The van der Waals surface area contributed by atoms with E-state index in [1.807, 2.05) is 0 Å². The van der Waals surface area contributed by atoms with E-state index in [0.29, 0.717) is 11.1 Å². The Hall–Kier alpha value is -3.08. The summed E-state index contributed by atoms with van der Waals surface area (Å²) >= 11 is 0. The van der Waals surface area contributed by atoms with E-state index in [0.717, 1.165) is 0 Å². The molecule has 0 fully saturated rings. The fraction of sp³-hybridized carbons (Fsp3) is 0.676. The van der Waals surface area contributed by atoms with Crippen LogP contribution >= 0.6 is 0 Å². The van der Waals surface area contributed by atoms with Crippen molar-refractivity contribution in [1.82, 2.24) is 0 Å². The number of aliphatic hydroxyl groups is 1. The molecule has 0 amide bonds. The van der Waals surface area contributed by atoms with E-state index in [4.69, 9.17) is 13.9 Å². The molecule has 0 radical (unpaired) electrons. The predicted octanol–water partition coefficient (Wildman–Crippen LogP) is 11.7. The standard InChI is InChI=1S/C34H41F17O5Si/c1-7-54-26(53)10-8-9-22(6)19-25(52)23-11-13-24(14-12-23)55-16-17-56-57(20(2)3,21(4)5)18-15-27(35,36)28(37,38)29(39,40)30(41,42)31(43,44)32(45,46)33(47,48)34(49,50)51/h8-14,20-21,25,52H,7,15-19H2,1-6H3/b10-8+,22-9+/t25-/m0/s1. The Labute approximate surface area is 317 Å². The van der Waals surface area contributed by atoms with Crippen LogP contribution < -0.4 is 4.74 Å². The molecular formula is C34H41F17O5Si. The number of halogens is 17. The first-order valence-corrected chi connectivity index (χ1v) is 19.1. The third-order valence-electron chi connectivity index (χ3n) is 8.97. The lowest BCUT2D eigenvalue weighted by Gasteiger charge is -2.44. The molecule has 0 saturated heterocycles. The molecule has 1 atom stereocenters. The van der Waals surface area contributed by atoms with Crippen LogP contribution in [0.1, 0.15) is 66.1 Å². The van der Waals surface area contributed by atoms with Gasteiger partial charge in [0, 0.05) is 12.5 Å². The van der Waals surface area contributed by atoms with E-state index in [9.17, 15) is 84.5 Å². The average molecular weight is 881 g/mol. The lowest BCUT2D eigenvalue weighted by atomic mass is 9.88. The highest BCUT2D eigenvalue weighted by atomic mass is 28.4. The summed E-state index contributed by atoms with van der Waals surface area (Å²) in [5.41, 5.74) is -0.578. The summed E-state index contributed by atoms with van der Waals surface area (Å²) in [5.74, 6) is -57.1. The maximum Gasteiger partial charge on any atom is 0.460 e. The van der Waals surface area contributed by atoms with Gasteiger partial charge < -0.3 is 19.0 Å². The molecule has 0 aromatic heterocycles. The molecule has 57 heavy (non-hydrogen) atoms. The van der Waals surface area contributed by atoms with Crippen molar-refractivity contribution in [3.8, 4) is 5.75 Å². The van der Waals surface area contributed by atoms with Crippen LogP contribution in [0, 0.1) is 0 Å². The monoisotopic (exact) mass is 880 g/mol. The van der Waals surface area contributed by atoms with Crippen molar-refractivity contribution in [2.24, 2.45) is 0 Å². The molecule has 5 nitrogen and oxygen atoms in total. The zero-order valence-electron chi connectivity index (χ0n) is 31.0. The third-order valence-corrected chi connectivity index (χ3v) is 14.7. The zero-order valence-corrected chi connectivity index (χ0v) is 32.0. The highest BCUT2D eigenvalue weighted by molar-refractivity contribution is 6.76. The molecule has 0 unspecified atom stereocenters. The van der Waals surface area contributed by atoms with Crippen molar-refractivity contribution in [1.29, 1.82) is 0 Å². The van der Waals surface area contributed by atoms with Crippen molar-refractivity contribution >= 4 is 14.3 Å². The van der Waals surface area contributed by atoms with Crippen LogP contribution in [0.2, 0.25) is 17.1 Å². The number of carbonyl (C=O) groups excluding carboxylic acids is 1. The van der Waals surface area contributed by atoms with E-state index in [2.05, 4.69) is 0 Å². The van der Waals surface area contributed by atoms with Gasteiger partial charge in [-0.1, -0.05) is 57.6 Å². The Balaban J connectivity index is 3.16. The van der Waals surface area contributed by atoms with Gasteiger partial charge in [0.15, 0.2) is 8.32 Å². The molecule has 330 valence electrons. The van der Waals surface area contributed by atoms with Crippen LogP contribution in [-0.4, -0.2) is 86.8 Å². The number of alkyl halides is 17. The largest absolute Gasteiger partial charge is 0.491 e. The van der Waals surface area contributed by atoms with E-state index in [1.165, 1.54) is 64.1 Å². The molecule has 1 aromatic carbocycles. The molecule has 0 saturated carbocycles. The Morgan fingerprint density at radius 3 is 1.61 bits per heavy atom. The van der Waals surface area contributed by atoms with Crippen molar-refractivity contribution < 1.29 is 98.4 Å². The Morgan fingerprint density at radius 1 is 0.719 bits per heavy atom. The van der Waals surface area contributed by atoms with Gasteiger partial charge in [0.2, 0.25) is 0 Å². The number of esters is 1. The quantitative estimate of drug-likeness (QED) is 0.0314. The maximum absolute atomic E-state index is 14.8. The van der Waals surface area contributed by atoms with Crippen molar-refractivity contribution in [3.05, 3.63) is 53.6 Å². The van der Waals surface area contributed by atoms with Gasteiger partial charge >= 0.3 is 53.6 Å². The lowest BCUT2D eigenvalue weighted by molar-refractivity contribution is -0.461. The van der Waals surface area contributed by atoms with Crippen LogP contribution in [0.4, 0.5) is 74.6 Å². The molecule has 23 heteroatoms. The fourth-order valence-corrected chi connectivity index (χ4v) is 9.97. The highest BCUT2D eigenvalue weighted by Gasteiger charge is 2.95. The third kappa shape index (κ3) is 10.6. The minimum atomic E-state index is -8.68. The first-order chi connectivity index (χ1) is 25.6. The van der Waals surface area contributed by atoms with Gasteiger partial charge in [0.1, 0.15) is 12.4 Å². The van der Waals surface area contributed by atoms with Gasteiger partial charge in [-0.05, 0) is 55.1 Å². The second-order valence-electron chi connectivity index (χ2n) is 13.5. The van der Waals surface area contributed by atoms with E-state index >= 15 is 0 Å². The van der Waals surface area contributed by atoms with Gasteiger partial charge in [-0.15, -0.1) is 0 Å². The summed E-state index contributed by atoms with van der Waals surface area (Å²) in [6.45, 7) is 7.97. The molecule has 0 heterocycles. The van der Waals surface area contributed by atoms with Gasteiger partial charge in [0.25, 0.3) is 0 Å².